The summed E-state index contributed by atoms with van der Waals surface area (Å²) in [5.41, 5.74) is 4.68. The van der Waals surface area contributed by atoms with E-state index < -0.39 is 12.1 Å². The molecule has 7 nitrogen and oxygen atoms in total. The maximum Gasteiger partial charge on any atom is 0.407 e. The van der Waals surface area contributed by atoms with Gasteiger partial charge < -0.3 is 20.1 Å². The van der Waals surface area contributed by atoms with Crippen molar-refractivity contribution in [3.63, 3.8) is 0 Å². The van der Waals surface area contributed by atoms with Crippen molar-refractivity contribution in [2.24, 2.45) is 11.8 Å². The quantitative estimate of drug-likeness (QED) is 0.608. The van der Waals surface area contributed by atoms with E-state index >= 15 is 0 Å². The summed E-state index contributed by atoms with van der Waals surface area (Å²) in [4.78, 5) is 38.1. The Balaban J connectivity index is 1.34. The molecule has 0 aromatic heterocycles. The van der Waals surface area contributed by atoms with E-state index in [1.165, 1.54) is 16.0 Å². The van der Waals surface area contributed by atoms with E-state index in [4.69, 9.17) is 9.84 Å². The number of rotatable bonds is 8. The Morgan fingerprint density at radius 1 is 1.00 bits per heavy atom. The maximum absolute atomic E-state index is 13.0. The van der Waals surface area contributed by atoms with Gasteiger partial charge in [0.05, 0.1) is 0 Å². The van der Waals surface area contributed by atoms with Gasteiger partial charge in [0.2, 0.25) is 5.91 Å². The van der Waals surface area contributed by atoms with E-state index in [0.717, 1.165) is 30.4 Å². The molecule has 2 atom stereocenters. The summed E-state index contributed by atoms with van der Waals surface area (Å²) in [6.45, 7) is 2.44. The Labute approximate surface area is 200 Å². The highest BCUT2D eigenvalue weighted by molar-refractivity contribution is 5.83. The fourth-order valence-electron chi connectivity index (χ4n) is 5.38. The summed E-state index contributed by atoms with van der Waals surface area (Å²) in [6.07, 6.45) is 2.97. The molecule has 4 rings (SSSR count). The number of carbonyl (C=O) groups excluding carboxylic acids is 2. The molecule has 7 heteroatoms. The van der Waals surface area contributed by atoms with Gasteiger partial charge in [-0.15, -0.1) is 0 Å². The third kappa shape index (κ3) is 5.08. The first-order valence-corrected chi connectivity index (χ1v) is 12.1. The largest absolute Gasteiger partial charge is 0.480 e. The lowest BCUT2D eigenvalue weighted by Gasteiger charge is -2.34. The number of hydrogen-bond acceptors (Lipinski definition) is 4. The average Bonchev–Trinajstić information content (AvgIpc) is 3.18. The van der Waals surface area contributed by atoms with Crippen LogP contribution in [0.2, 0.25) is 0 Å². The number of ether oxygens (including phenoxy) is 1. The Bertz CT molecular complexity index is 1010. The van der Waals surface area contributed by atoms with Gasteiger partial charge in [0.1, 0.15) is 13.2 Å². The minimum Gasteiger partial charge on any atom is -0.480 e. The smallest absolute Gasteiger partial charge is 0.407 e. The van der Waals surface area contributed by atoms with Gasteiger partial charge in [-0.05, 0) is 47.9 Å². The van der Waals surface area contributed by atoms with E-state index in [1.54, 1.807) is 6.92 Å². The summed E-state index contributed by atoms with van der Waals surface area (Å²) < 4.78 is 5.62. The first-order chi connectivity index (χ1) is 16.5. The van der Waals surface area contributed by atoms with Crippen molar-refractivity contribution in [3.8, 4) is 11.1 Å². The zero-order valence-electron chi connectivity index (χ0n) is 19.5. The van der Waals surface area contributed by atoms with Gasteiger partial charge >= 0.3 is 12.1 Å². The van der Waals surface area contributed by atoms with Crippen LogP contribution in [0.5, 0.6) is 0 Å². The molecule has 0 bridgehead atoms. The van der Waals surface area contributed by atoms with Crippen molar-refractivity contribution >= 4 is 18.0 Å². The standard InChI is InChI=1S/C27H32N2O5/c1-2-29(16-25(30)31)26(32)19-10-4-3-9-18(19)15-28-27(33)34-17-24-22-13-7-5-11-20(22)21-12-6-8-14-23(21)24/h5-8,11-14,18-19,24H,2-4,9-10,15-17H2,1H3,(H,28,33)(H,30,31)/t18-,19-/m0/s1. The molecule has 2 aliphatic carbocycles. The average molecular weight is 465 g/mol. The maximum atomic E-state index is 13.0. The van der Waals surface area contributed by atoms with Crippen LogP contribution in [0.25, 0.3) is 11.1 Å². The molecular weight excluding hydrogens is 432 g/mol. The second-order valence-electron chi connectivity index (χ2n) is 9.10. The van der Waals surface area contributed by atoms with Gasteiger partial charge in [0.25, 0.3) is 0 Å². The van der Waals surface area contributed by atoms with Crippen molar-refractivity contribution < 1.29 is 24.2 Å². The highest BCUT2D eigenvalue weighted by Gasteiger charge is 2.34. The first kappa shape index (κ1) is 23.8. The second kappa shape index (κ2) is 10.7. The molecule has 1 saturated carbocycles. The van der Waals surface area contributed by atoms with Gasteiger partial charge in [0.15, 0.2) is 0 Å². The predicted molar refractivity (Wildman–Crippen MR) is 128 cm³/mol. The molecule has 2 aliphatic rings. The molecule has 2 amide bonds. The Morgan fingerprint density at radius 3 is 2.24 bits per heavy atom. The van der Waals surface area contributed by atoms with Crippen LogP contribution < -0.4 is 5.32 Å². The molecule has 0 radical (unpaired) electrons. The fraction of sp³-hybridized carbons (Fsp3) is 0.444. The molecule has 0 saturated heterocycles. The number of aliphatic carboxylic acids is 1. The third-order valence-electron chi connectivity index (χ3n) is 7.10. The number of likely N-dealkylation sites (N-methyl/N-ethyl adjacent to an activating group) is 1. The van der Waals surface area contributed by atoms with Gasteiger partial charge in [0, 0.05) is 24.9 Å². The Hall–Kier alpha value is -3.35. The molecule has 34 heavy (non-hydrogen) atoms. The predicted octanol–water partition coefficient (Wildman–Crippen LogP) is 4.26. The minimum atomic E-state index is -1.01. The highest BCUT2D eigenvalue weighted by atomic mass is 16.5. The number of nitrogens with zero attached hydrogens (tertiary/aromatic N) is 1. The normalized spacial score (nSPS) is 19.1. The van der Waals surface area contributed by atoms with E-state index in [0.29, 0.717) is 19.5 Å². The number of hydrogen-bond donors (Lipinski definition) is 2. The summed E-state index contributed by atoms with van der Waals surface area (Å²) in [5.74, 6) is -1.45. The first-order valence-electron chi connectivity index (χ1n) is 12.1. The lowest BCUT2D eigenvalue weighted by Crippen LogP contribution is -2.45. The number of carboxylic acid groups (broad SMARTS) is 1. The number of alkyl carbamates (subject to hydrolysis) is 1. The minimum absolute atomic E-state index is 0.00344. The topological polar surface area (TPSA) is 95.9 Å². The van der Waals surface area contributed by atoms with Crippen molar-refractivity contribution in [1.82, 2.24) is 10.2 Å². The zero-order valence-corrected chi connectivity index (χ0v) is 19.5. The second-order valence-corrected chi connectivity index (χ2v) is 9.10. The van der Waals surface area contributed by atoms with Crippen molar-refractivity contribution in [2.45, 2.75) is 38.5 Å². The van der Waals surface area contributed by atoms with Crippen LogP contribution in [0.1, 0.15) is 49.7 Å². The fourth-order valence-corrected chi connectivity index (χ4v) is 5.38. The number of amides is 2. The van der Waals surface area contributed by atoms with Gasteiger partial charge in [-0.25, -0.2) is 4.79 Å². The van der Waals surface area contributed by atoms with E-state index in [9.17, 15) is 14.4 Å². The van der Waals surface area contributed by atoms with Crippen molar-refractivity contribution in [1.29, 1.82) is 0 Å². The lowest BCUT2D eigenvalue weighted by molar-refractivity contribution is -0.147. The Kier molecular flexibility index (Phi) is 7.50. The summed E-state index contributed by atoms with van der Waals surface area (Å²) in [7, 11) is 0. The highest BCUT2D eigenvalue weighted by Crippen LogP contribution is 2.44. The number of carbonyl (C=O) groups is 3. The molecule has 2 aromatic rings. The van der Waals surface area contributed by atoms with Gasteiger partial charge in [-0.2, -0.15) is 0 Å². The van der Waals surface area contributed by atoms with Crippen molar-refractivity contribution in [2.75, 3.05) is 26.2 Å². The molecule has 0 heterocycles. The summed E-state index contributed by atoms with van der Waals surface area (Å²) in [6, 6.07) is 16.4. The molecule has 180 valence electrons. The monoisotopic (exact) mass is 464 g/mol. The van der Waals surface area contributed by atoms with E-state index in [2.05, 4.69) is 29.6 Å². The number of carboxylic acids is 1. The molecule has 2 aromatic carbocycles. The molecule has 0 spiro atoms. The molecular formula is C27H32N2O5. The van der Waals surface area contributed by atoms with Crippen LogP contribution in [0, 0.1) is 11.8 Å². The Morgan fingerprint density at radius 2 is 1.62 bits per heavy atom. The van der Waals surface area contributed by atoms with E-state index in [-0.39, 0.29) is 36.8 Å². The van der Waals surface area contributed by atoms with Crippen LogP contribution in [-0.4, -0.2) is 54.2 Å². The van der Waals surface area contributed by atoms with Crippen molar-refractivity contribution in [3.05, 3.63) is 59.7 Å². The third-order valence-corrected chi connectivity index (χ3v) is 7.10. The molecule has 1 fully saturated rings. The number of fused-ring (bicyclic) bond motifs is 3. The van der Waals surface area contributed by atoms with Crippen LogP contribution >= 0.6 is 0 Å². The zero-order chi connectivity index (χ0) is 24.1. The van der Waals surface area contributed by atoms with Crippen LogP contribution in [0.15, 0.2) is 48.5 Å². The summed E-state index contributed by atoms with van der Waals surface area (Å²) in [5, 5.41) is 12.0. The lowest BCUT2D eigenvalue weighted by atomic mass is 9.78. The summed E-state index contributed by atoms with van der Waals surface area (Å²) >= 11 is 0. The molecule has 2 N–H and O–H groups in total. The van der Waals surface area contributed by atoms with Gasteiger partial charge in [-0.3, -0.25) is 9.59 Å². The molecule has 0 unspecified atom stereocenters. The SMILES string of the molecule is CCN(CC(=O)O)C(=O)[C@H]1CCCC[C@H]1CNC(=O)OCC1c2ccccc2-c2ccccc21. The van der Waals surface area contributed by atoms with Crippen LogP contribution in [0.3, 0.4) is 0 Å². The van der Waals surface area contributed by atoms with Crippen LogP contribution in [0.4, 0.5) is 4.79 Å². The molecule has 0 aliphatic heterocycles. The van der Waals surface area contributed by atoms with Gasteiger partial charge in [-0.1, -0.05) is 61.4 Å². The van der Waals surface area contributed by atoms with E-state index in [1.807, 2.05) is 24.3 Å². The number of benzene rings is 2. The van der Waals surface area contributed by atoms with Crippen LogP contribution in [-0.2, 0) is 14.3 Å². The number of nitrogens with one attached hydrogen (secondary N) is 1.